The molecular formula is C26H28BrN3O5S. The highest BCUT2D eigenvalue weighted by Gasteiger charge is 2.29. The van der Waals surface area contributed by atoms with Crippen molar-refractivity contribution in [1.29, 1.82) is 0 Å². The largest absolute Gasteiger partial charge is 0.616 e. The second-order valence-corrected chi connectivity index (χ2v) is 10.7. The third-order valence-electron chi connectivity index (χ3n) is 5.99. The van der Waals surface area contributed by atoms with Crippen LogP contribution in [0.4, 0.5) is 0 Å². The maximum Gasteiger partial charge on any atom is 0.340 e. The summed E-state index contributed by atoms with van der Waals surface area (Å²) in [5.74, 6) is 1.45. The van der Waals surface area contributed by atoms with Gasteiger partial charge >= 0.3 is 5.97 Å². The molecule has 0 aliphatic heterocycles. The number of aryl methyl sites for hydroxylation is 2. The van der Waals surface area contributed by atoms with Crippen molar-refractivity contribution in [2.24, 2.45) is 7.05 Å². The number of hydrogen-bond acceptors (Lipinski definition) is 6. The first kappa shape index (κ1) is 26.1. The first-order chi connectivity index (χ1) is 17.3. The van der Waals surface area contributed by atoms with E-state index in [9.17, 15) is 14.5 Å². The minimum absolute atomic E-state index is 0.0377. The molecule has 0 saturated heterocycles. The molecule has 0 saturated carbocycles. The maximum atomic E-state index is 13.2. The van der Waals surface area contributed by atoms with Gasteiger partial charge in [0, 0.05) is 30.4 Å². The number of benzene rings is 2. The highest BCUT2D eigenvalue weighted by Crippen LogP contribution is 2.40. The van der Waals surface area contributed by atoms with E-state index in [1.165, 1.54) is 0 Å². The molecule has 8 nitrogen and oxygen atoms in total. The number of halogens is 1. The molecule has 4 rings (SSSR count). The summed E-state index contributed by atoms with van der Waals surface area (Å²) in [7, 11) is 1.83. The molecule has 0 aliphatic rings. The van der Waals surface area contributed by atoms with Crippen LogP contribution in [-0.2, 0) is 35.3 Å². The molecule has 1 atom stereocenters. The Labute approximate surface area is 221 Å². The molecule has 0 bridgehead atoms. The third-order valence-corrected chi connectivity index (χ3v) is 7.81. The Morgan fingerprint density at radius 3 is 2.69 bits per heavy atom. The van der Waals surface area contributed by atoms with E-state index in [2.05, 4.69) is 20.9 Å². The van der Waals surface area contributed by atoms with Gasteiger partial charge in [0.15, 0.2) is 0 Å². The summed E-state index contributed by atoms with van der Waals surface area (Å²) < 4.78 is 28.4. The van der Waals surface area contributed by atoms with Gasteiger partial charge in [-0.15, -0.1) is 0 Å². The second kappa shape index (κ2) is 11.4. The summed E-state index contributed by atoms with van der Waals surface area (Å²) in [6, 6.07) is 11.1. The van der Waals surface area contributed by atoms with Gasteiger partial charge in [0.2, 0.25) is 0 Å². The number of aromatic hydroxyl groups is 1. The Morgan fingerprint density at radius 2 is 2.03 bits per heavy atom. The number of hydrogen-bond donors (Lipinski definition) is 1. The number of imidazole rings is 1. The monoisotopic (exact) mass is 573 g/mol. The van der Waals surface area contributed by atoms with E-state index in [1.54, 1.807) is 19.2 Å². The van der Waals surface area contributed by atoms with Crippen LogP contribution in [0.25, 0.3) is 10.9 Å². The van der Waals surface area contributed by atoms with Crippen molar-refractivity contribution >= 4 is 44.0 Å². The quantitative estimate of drug-likeness (QED) is 0.218. The van der Waals surface area contributed by atoms with E-state index in [4.69, 9.17) is 9.47 Å². The molecule has 0 fully saturated rings. The number of aromatic nitrogens is 3. The first-order valence-corrected chi connectivity index (χ1v) is 13.8. The fourth-order valence-corrected chi connectivity index (χ4v) is 5.67. The lowest BCUT2D eigenvalue weighted by molar-refractivity contribution is 0.0527. The minimum atomic E-state index is -1.31. The van der Waals surface area contributed by atoms with Crippen LogP contribution in [0.1, 0.15) is 34.4 Å². The van der Waals surface area contributed by atoms with Crippen molar-refractivity contribution in [2.45, 2.75) is 26.1 Å². The number of carbonyl (C=O) groups is 1. The van der Waals surface area contributed by atoms with Crippen molar-refractivity contribution in [3.63, 3.8) is 0 Å². The summed E-state index contributed by atoms with van der Waals surface area (Å²) in [5, 5.41) is 11.6. The van der Waals surface area contributed by atoms with Crippen molar-refractivity contribution in [3.8, 4) is 11.5 Å². The summed E-state index contributed by atoms with van der Waals surface area (Å²) in [4.78, 5) is 17.5. The lowest BCUT2D eigenvalue weighted by Gasteiger charge is -2.14. The number of nitrogens with zero attached hydrogens (tertiary/aromatic N) is 3. The van der Waals surface area contributed by atoms with Gasteiger partial charge in [-0.1, -0.05) is 18.2 Å². The van der Waals surface area contributed by atoms with Crippen molar-refractivity contribution < 1.29 is 23.9 Å². The number of fused-ring (bicyclic) bond motifs is 1. The zero-order valence-corrected chi connectivity index (χ0v) is 22.8. The molecule has 2 aromatic carbocycles. The highest BCUT2D eigenvalue weighted by atomic mass is 79.9. The molecular weight excluding hydrogens is 546 g/mol. The van der Waals surface area contributed by atoms with Gasteiger partial charge in [0.1, 0.15) is 35.4 Å². The van der Waals surface area contributed by atoms with Gasteiger partial charge in [-0.05, 0) is 59.2 Å². The molecule has 190 valence electrons. The first-order valence-electron chi connectivity index (χ1n) is 11.5. The van der Waals surface area contributed by atoms with Crippen molar-refractivity contribution in [2.75, 3.05) is 19.0 Å². The fraction of sp³-hybridized carbons (Fsp3) is 0.308. The maximum absolute atomic E-state index is 13.2. The van der Waals surface area contributed by atoms with Gasteiger partial charge in [-0.3, -0.25) is 0 Å². The summed E-state index contributed by atoms with van der Waals surface area (Å²) in [5.41, 5.74) is 2.19. The Bertz CT molecular complexity index is 1370. The smallest absolute Gasteiger partial charge is 0.340 e. The topological polar surface area (TPSA) is 102 Å². The lowest BCUT2D eigenvalue weighted by Crippen LogP contribution is -2.19. The van der Waals surface area contributed by atoms with Crippen LogP contribution in [0, 0.1) is 6.92 Å². The average molecular weight is 574 g/mol. The van der Waals surface area contributed by atoms with E-state index in [0.29, 0.717) is 44.7 Å². The fourth-order valence-electron chi connectivity index (χ4n) is 4.16. The van der Waals surface area contributed by atoms with E-state index < -0.39 is 17.1 Å². The van der Waals surface area contributed by atoms with Gasteiger partial charge in [-0.2, -0.15) is 0 Å². The number of ether oxygens (including phenoxy) is 2. The predicted octanol–water partition coefficient (Wildman–Crippen LogP) is 4.70. The van der Waals surface area contributed by atoms with E-state index in [0.717, 1.165) is 11.3 Å². The molecule has 1 N–H and O–H groups in total. The summed E-state index contributed by atoms with van der Waals surface area (Å²) in [6.45, 7) is 4.40. The summed E-state index contributed by atoms with van der Waals surface area (Å²) >= 11 is 2.14. The lowest BCUT2D eigenvalue weighted by atomic mass is 10.0. The second-order valence-electron chi connectivity index (χ2n) is 8.23. The number of carbonyl (C=O) groups excluding carboxylic acids is 1. The Kier molecular flexibility index (Phi) is 8.28. The van der Waals surface area contributed by atoms with Crippen molar-refractivity contribution in [1.82, 2.24) is 14.1 Å². The van der Waals surface area contributed by atoms with Crippen LogP contribution >= 0.6 is 15.9 Å². The standard InChI is InChI=1S/C26H28BrN3O5S/c1-4-34-26(32)24-22(16-36(33)13-12-35-18-8-6-5-7-9-18)29(3)21-14-20(27)25(31)19(23(21)24)15-30-11-10-28-17(30)2/h5-11,14,31H,4,12-13,15-16H2,1-3H3. The number of esters is 1. The highest BCUT2D eigenvalue weighted by molar-refractivity contribution is 9.10. The van der Waals surface area contributed by atoms with Gasteiger partial charge in [0.25, 0.3) is 0 Å². The Balaban J connectivity index is 1.73. The third kappa shape index (κ3) is 5.40. The predicted molar refractivity (Wildman–Crippen MR) is 143 cm³/mol. The molecule has 0 radical (unpaired) electrons. The van der Waals surface area contributed by atoms with Crippen molar-refractivity contribution in [3.05, 3.63) is 75.9 Å². The molecule has 1 unspecified atom stereocenters. The number of rotatable bonds is 10. The molecule has 0 aliphatic carbocycles. The van der Waals surface area contributed by atoms with Gasteiger partial charge in [-0.25, -0.2) is 9.78 Å². The van der Waals surface area contributed by atoms with Gasteiger partial charge in [0.05, 0.1) is 34.4 Å². The zero-order valence-electron chi connectivity index (χ0n) is 20.4. The molecule has 2 aromatic heterocycles. The van der Waals surface area contributed by atoms with Crippen LogP contribution < -0.4 is 4.74 Å². The molecule has 0 amide bonds. The van der Waals surface area contributed by atoms with Crippen LogP contribution in [0.2, 0.25) is 0 Å². The average Bonchev–Trinajstić information content (AvgIpc) is 3.38. The Hall–Kier alpha value is -2.95. The SMILES string of the molecule is CCOC(=O)c1c(C[S+]([O-])CCOc2ccccc2)n(C)c2cc(Br)c(O)c(Cn3ccnc3C)c12. The van der Waals surface area contributed by atoms with E-state index >= 15 is 0 Å². The van der Waals surface area contributed by atoms with Crippen LogP contribution in [0.15, 0.2) is 53.3 Å². The van der Waals surface area contributed by atoms with Crippen LogP contribution in [0.5, 0.6) is 11.5 Å². The summed E-state index contributed by atoms with van der Waals surface area (Å²) in [6.07, 6.45) is 3.50. The molecule has 36 heavy (non-hydrogen) atoms. The zero-order chi connectivity index (χ0) is 25.8. The Morgan fingerprint density at radius 1 is 1.28 bits per heavy atom. The normalized spacial score (nSPS) is 12.1. The molecule has 10 heteroatoms. The number of phenols is 1. The number of para-hydroxylation sites is 1. The molecule has 2 heterocycles. The number of phenolic OH excluding ortho intramolecular Hbond substituents is 1. The van der Waals surface area contributed by atoms with Crippen LogP contribution in [0.3, 0.4) is 0 Å². The molecule has 0 spiro atoms. The minimum Gasteiger partial charge on any atom is -0.616 e. The van der Waals surface area contributed by atoms with E-state index in [-0.39, 0.29) is 24.7 Å². The van der Waals surface area contributed by atoms with Crippen LogP contribution in [-0.4, -0.2) is 48.7 Å². The van der Waals surface area contributed by atoms with Gasteiger partial charge < -0.3 is 28.3 Å². The molecule has 4 aromatic rings. The van der Waals surface area contributed by atoms with E-state index in [1.807, 2.05) is 59.6 Å².